The van der Waals surface area contributed by atoms with Crippen molar-refractivity contribution in [2.75, 3.05) is 7.11 Å². The molecule has 2 N–H and O–H groups in total. The monoisotopic (exact) mass is 201 g/mol. The van der Waals surface area contributed by atoms with Gasteiger partial charge in [-0.25, -0.2) is 0 Å². The molecule has 1 saturated carbocycles. The Bertz CT molecular complexity index is 226. The zero-order valence-corrected chi connectivity index (χ0v) is 9.29. The highest BCUT2D eigenvalue weighted by molar-refractivity contribution is 5.82. The number of carbonyl (C=O) groups is 1. The minimum absolute atomic E-state index is 0.104. The van der Waals surface area contributed by atoms with E-state index in [1.54, 1.807) is 7.11 Å². The van der Waals surface area contributed by atoms with Gasteiger partial charge >= 0.3 is 5.97 Å². The first-order valence-electron chi connectivity index (χ1n) is 4.82. The highest BCUT2D eigenvalue weighted by atomic mass is 16.6. The van der Waals surface area contributed by atoms with Gasteiger partial charge in [-0.15, -0.1) is 0 Å². The van der Waals surface area contributed by atoms with E-state index in [4.69, 9.17) is 15.2 Å². The maximum Gasteiger partial charge on any atom is 0.326 e. The van der Waals surface area contributed by atoms with Gasteiger partial charge in [-0.2, -0.15) is 0 Å². The van der Waals surface area contributed by atoms with Crippen LogP contribution < -0.4 is 5.73 Å². The minimum Gasteiger partial charge on any atom is -0.459 e. The highest BCUT2D eigenvalue weighted by Gasteiger charge is 2.49. The second-order valence-corrected chi connectivity index (χ2v) is 4.92. The fourth-order valence-electron chi connectivity index (χ4n) is 1.47. The first kappa shape index (κ1) is 11.5. The van der Waals surface area contributed by atoms with Gasteiger partial charge in [0, 0.05) is 20.0 Å². The van der Waals surface area contributed by atoms with Gasteiger partial charge in [-0.3, -0.25) is 4.79 Å². The van der Waals surface area contributed by atoms with Crippen LogP contribution in [0, 0.1) is 0 Å². The molecule has 0 heterocycles. The molecule has 1 rings (SSSR count). The van der Waals surface area contributed by atoms with E-state index in [0.717, 1.165) is 0 Å². The Balaban J connectivity index is 2.47. The number of ether oxygens (including phenoxy) is 2. The van der Waals surface area contributed by atoms with Crippen LogP contribution >= 0.6 is 0 Å². The maximum absolute atomic E-state index is 11.6. The molecule has 14 heavy (non-hydrogen) atoms. The molecule has 0 bridgehead atoms. The molecule has 0 atom stereocenters. The van der Waals surface area contributed by atoms with Crippen LogP contribution in [0.4, 0.5) is 0 Å². The quantitative estimate of drug-likeness (QED) is 0.672. The SMILES string of the molecule is COC1CC(N)(C(=O)OC(C)(C)C)C1. The van der Waals surface area contributed by atoms with Crippen LogP contribution in [-0.2, 0) is 14.3 Å². The van der Waals surface area contributed by atoms with Crippen LogP contribution in [0.5, 0.6) is 0 Å². The van der Waals surface area contributed by atoms with Crippen LogP contribution in [0.2, 0.25) is 0 Å². The van der Waals surface area contributed by atoms with Crippen molar-refractivity contribution in [1.82, 2.24) is 0 Å². The number of rotatable bonds is 2. The van der Waals surface area contributed by atoms with Crippen molar-refractivity contribution in [2.24, 2.45) is 5.73 Å². The van der Waals surface area contributed by atoms with E-state index in [9.17, 15) is 4.79 Å². The van der Waals surface area contributed by atoms with Gasteiger partial charge in [-0.1, -0.05) is 0 Å². The summed E-state index contributed by atoms with van der Waals surface area (Å²) in [6, 6.07) is 0. The summed E-state index contributed by atoms with van der Waals surface area (Å²) in [5.41, 5.74) is 4.57. The molecule has 82 valence electrons. The summed E-state index contributed by atoms with van der Waals surface area (Å²) in [5.74, 6) is -0.321. The van der Waals surface area contributed by atoms with Crippen molar-refractivity contribution in [3.63, 3.8) is 0 Å². The molecule has 0 amide bonds. The Morgan fingerprint density at radius 2 is 1.93 bits per heavy atom. The Kier molecular flexibility index (Phi) is 2.88. The maximum atomic E-state index is 11.6. The summed E-state index contributed by atoms with van der Waals surface area (Å²) in [5, 5.41) is 0. The summed E-state index contributed by atoms with van der Waals surface area (Å²) in [4.78, 5) is 11.6. The van der Waals surface area contributed by atoms with E-state index >= 15 is 0 Å². The number of hydrogen-bond acceptors (Lipinski definition) is 4. The predicted molar refractivity (Wildman–Crippen MR) is 52.8 cm³/mol. The molecule has 1 aliphatic carbocycles. The highest BCUT2D eigenvalue weighted by Crippen LogP contribution is 2.33. The molecule has 0 unspecified atom stereocenters. The van der Waals surface area contributed by atoms with Crippen molar-refractivity contribution in [3.8, 4) is 0 Å². The summed E-state index contributed by atoms with van der Waals surface area (Å²) in [7, 11) is 1.62. The van der Waals surface area contributed by atoms with Crippen molar-refractivity contribution in [2.45, 2.75) is 50.9 Å². The zero-order valence-electron chi connectivity index (χ0n) is 9.29. The third kappa shape index (κ3) is 2.45. The number of carbonyl (C=O) groups excluding carboxylic acids is 1. The van der Waals surface area contributed by atoms with Crippen LogP contribution in [-0.4, -0.2) is 30.3 Å². The van der Waals surface area contributed by atoms with Gasteiger partial charge in [0.15, 0.2) is 0 Å². The van der Waals surface area contributed by atoms with Crippen molar-refractivity contribution < 1.29 is 14.3 Å². The molecule has 0 saturated heterocycles. The van der Waals surface area contributed by atoms with E-state index < -0.39 is 11.1 Å². The summed E-state index contributed by atoms with van der Waals surface area (Å²) >= 11 is 0. The van der Waals surface area contributed by atoms with Crippen LogP contribution in [0.15, 0.2) is 0 Å². The Morgan fingerprint density at radius 1 is 1.43 bits per heavy atom. The van der Waals surface area contributed by atoms with Gasteiger partial charge in [0.05, 0.1) is 6.10 Å². The fourth-order valence-corrected chi connectivity index (χ4v) is 1.47. The molecule has 0 spiro atoms. The van der Waals surface area contributed by atoms with E-state index in [0.29, 0.717) is 12.8 Å². The van der Waals surface area contributed by atoms with Crippen molar-refractivity contribution >= 4 is 5.97 Å². The zero-order chi connectivity index (χ0) is 11.0. The molecule has 1 fully saturated rings. The molecule has 0 aromatic heterocycles. The molecule has 0 aliphatic heterocycles. The predicted octanol–water partition coefficient (Wildman–Crippen LogP) is 0.834. The van der Waals surface area contributed by atoms with Crippen LogP contribution in [0.1, 0.15) is 33.6 Å². The van der Waals surface area contributed by atoms with Gasteiger partial charge in [-0.05, 0) is 20.8 Å². The summed E-state index contributed by atoms with van der Waals surface area (Å²) in [6.45, 7) is 5.50. The summed E-state index contributed by atoms with van der Waals surface area (Å²) in [6.07, 6.45) is 1.21. The molecule has 4 heteroatoms. The Morgan fingerprint density at radius 3 is 2.29 bits per heavy atom. The number of methoxy groups -OCH3 is 1. The molecule has 4 nitrogen and oxygen atoms in total. The van der Waals surface area contributed by atoms with Gasteiger partial charge in [0.2, 0.25) is 0 Å². The van der Waals surface area contributed by atoms with E-state index in [2.05, 4.69) is 0 Å². The lowest BCUT2D eigenvalue weighted by Gasteiger charge is -2.42. The second kappa shape index (κ2) is 3.51. The van der Waals surface area contributed by atoms with E-state index in [1.807, 2.05) is 20.8 Å². The molecular weight excluding hydrogens is 182 g/mol. The van der Waals surface area contributed by atoms with Crippen molar-refractivity contribution in [1.29, 1.82) is 0 Å². The summed E-state index contributed by atoms with van der Waals surface area (Å²) < 4.78 is 10.3. The van der Waals surface area contributed by atoms with Gasteiger partial charge < -0.3 is 15.2 Å². The Hall–Kier alpha value is -0.610. The normalized spacial score (nSPS) is 32.2. The topological polar surface area (TPSA) is 61.5 Å². The third-order valence-electron chi connectivity index (χ3n) is 2.32. The lowest BCUT2D eigenvalue weighted by atomic mass is 9.75. The first-order valence-corrected chi connectivity index (χ1v) is 4.82. The molecule has 0 aromatic rings. The lowest BCUT2D eigenvalue weighted by Crippen LogP contribution is -2.62. The fraction of sp³-hybridized carbons (Fsp3) is 0.900. The minimum atomic E-state index is -0.825. The van der Waals surface area contributed by atoms with Crippen LogP contribution in [0.3, 0.4) is 0 Å². The number of hydrogen-bond donors (Lipinski definition) is 1. The van der Waals surface area contributed by atoms with E-state index in [-0.39, 0.29) is 12.1 Å². The standard InChI is InChI=1S/C10H19NO3/c1-9(2,3)14-8(12)10(11)5-7(6-10)13-4/h7H,5-6,11H2,1-4H3. The average molecular weight is 201 g/mol. The average Bonchev–Trinajstić information content (AvgIpc) is 1.94. The van der Waals surface area contributed by atoms with Gasteiger partial charge in [0.25, 0.3) is 0 Å². The smallest absolute Gasteiger partial charge is 0.326 e. The number of nitrogens with two attached hydrogens (primary N) is 1. The first-order chi connectivity index (χ1) is 6.27. The number of esters is 1. The molecular formula is C10H19NO3. The van der Waals surface area contributed by atoms with Gasteiger partial charge in [0.1, 0.15) is 11.1 Å². The molecule has 1 aliphatic rings. The Labute approximate surface area is 84.7 Å². The molecule has 0 aromatic carbocycles. The lowest BCUT2D eigenvalue weighted by molar-refractivity contribution is -0.171. The second-order valence-electron chi connectivity index (χ2n) is 4.92. The van der Waals surface area contributed by atoms with E-state index in [1.165, 1.54) is 0 Å². The van der Waals surface area contributed by atoms with Crippen molar-refractivity contribution in [3.05, 3.63) is 0 Å². The third-order valence-corrected chi connectivity index (χ3v) is 2.32. The molecule has 0 radical (unpaired) electrons. The largest absolute Gasteiger partial charge is 0.459 e. The van der Waals surface area contributed by atoms with Crippen LogP contribution in [0.25, 0.3) is 0 Å².